The van der Waals surface area contributed by atoms with Crippen LogP contribution >= 0.6 is 0 Å². The quantitative estimate of drug-likeness (QED) is 0.214. The highest BCUT2D eigenvalue weighted by Gasteiger charge is 2.36. The standard InChI is InChI=1S/C39H42N10O6/c1-37(2,3)53-34(50)40-25-16-10-22(11-17-25)28-43-31-45-29(23-12-18-26(19-13-23)41-35(51)54-38(4,5)6)47-33-48-30(46-32(44-28)49(31)33)24-14-20-27(21-15-24)42-36(52)55-39(7,8)9/h10-21H,1-9H3,(H,40,50)(H,41,51)(H,42,52). The SMILES string of the molecule is CC(C)(C)OC(=O)Nc1ccc(C2=NC3=NC(c4ccc(NC(=O)OC(C)(C)C)cc4)=NC4=NC(c5ccc(NC(=O)OC(C)(C)C)cc5)=NC(=N2)N34)cc1. The summed E-state index contributed by atoms with van der Waals surface area (Å²) in [4.78, 5) is 67.1. The van der Waals surface area contributed by atoms with Gasteiger partial charge in [0.1, 0.15) is 16.8 Å². The number of nitrogens with zero attached hydrogens (tertiary/aromatic N) is 7. The molecule has 6 rings (SSSR count). The normalized spacial score (nSPS) is 15.1. The number of hydrogen-bond donors (Lipinski definition) is 3. The fourth-order valence-electron chi connectivity index (χ4n) is 5.05. The lowest BCUT2D eigenvalue weighted by Crippen LogP contribution is -2.48. The summed E-state index contributed by atoms with van der Waals surface area (Å²) in [5, 5.41) is 8.17. The van der Waals surface area contributed by atoms with E-state index in [0.29, 0.717) is 51.3 Å². The average molecular weight is 747 g/mol. The van der Waals surface area contributed by atoms with E-state index in [9.17, 15) is 14.4 Å². The highest BCUT2D eigenvalue weighted by Crippen LogP contribution is 2.25. The fraction of sp³-hybridized carbons (Fsp3) is 0.308. The van der Waals surface area contributed by atoms with Crippen molar-refractivity contribution in [3.05, 3.63) is 89.5 Å². The Hall–Kier alpha value is -6.71. The summed E-state index contributed by atoms with van der Waals surface area (Å²) in [6.07, 6.45) is -1.73. The van der Waals surface area contributed by atoms with Crippen molar-refractivity contribution >= 4 is 70.7 Å². The number of hydrogen-bond acceptors (Lipinski definition) is 13. The maximum Gasteiger partial charge on any atom is 0.412 e. The summed E-state index contributed by atoms with van der Waals surface area (Å²) < 4.78 is 16.1. The minimum Gasteiger partial charge on any atom is -0.444 e. The molecule has 0 bridgehead atoms. The molecule has 16 heteroatoms. The first kappa shape index (κ1) is 38.0. The molecular weight excluding hydrogens is 704 g/mol. The molecule has 16 nitrogen and oxygen atoms in total. The number of rotatable bonds is 6. The number of guanidine groups is 3. The van der Waals surface area contributed by atoms with Crippen LogP contribution in [0.2, 0.25) is 0 Å². The third kappa shape index (κ3) is 10.0. The van der Waals surface area contributed by atoms with E-state index >= 15 is 0 Å². The Labute approximate surface area is 318 Å². The van der Waals surface area contributed by atoms with Crippen LogP contribution in [0.15, 0.2) is 103 Å². The first-order valence-corrected chi connectivity index (χ1v) is 17.4. The van der Waals surface area contributed by atoms with Gasteiger partial charge in [0.15, 0.2) is 17.5 Å². The molecule has 0 unspecified atom stereocenters. The molecule has 0 spiro atoms. The van der Waals surface area contributed by atoms with Gasteiger partial charge < -0.3 is 14.2 Å². The highest BCUT2D eigenvalue weighted by atomic mass is 16.6. The van der Waals surface area contributed by atoms with Crippen molar-refractivity contribution in [2.45, 2.75) is 79.1 Å². The van der Waals surface area contributed by atoms with Crippen molar-refractivity contribution in [2.75, 3.05) is 16.0 Å². The number of carbonyl (C=O) groups excluding carboxylic acids is 3. The zero-order chi connectivity index (χ0) is 39.7. The van der Waals surface area contributed by atoms with Gasteiger partial charge in [0, 0.05) is 33.8 Å². The lowest BCUT2D eigenvalue weighted by Gasteiger charge is -2.30. The molecule has 3 amide bonds. The van der Waals surface area contributed by atoms with Gasteiger partial charge in [0.2, 0.25) is 17.9 Å². The molecule has 0 atom stereocenters. The van der Waals surface area contributed by atoms with Gasteiger partial charge in [-0.3, -0.25) is 16.0 Å². The number of anilines is 3. The number of aliphatic imine (C=N–C) groups is 6. The van der Waals surface area contributed by atoms with Gasteiger partial charge in [0.25, 0.3) is 0 Å². The van der Waals surface area contributed by atoms with Crippen LogP contribution in [0, 0.1) is 0 Å². The number of amidine groups is 3. The van der Waals surface area contributed by atoms with E-state index < -0.39 is 35.1 Å². The fourth-order valence-corrected chi connectivity index (χ4v) is 5.05. The van der Waals surface area contributed by atoms with Gasteiger partial charge in [-0.1, -0.05) is 0 Å². The summed E-state index contributed by atoms with van der Waals surface area (Å²) in [7, 11) is 0. The molecule has 3 aromatic carbocycles. The number of ether oxygens (including phenoxy) is 3. The molecule has 0 aliphatic carbocycles. The van der Waals surface area contributed by atoms with Crippen molar-refractivity contribution in [3.63, 3.8) is 0 Å². The van der Waals surface area contributed by atoms with Crippen LogP contribution in [0.4, 0.5) is 31.4 Å². The van der Waals surface area contributed by atoms with Crippen molar-refractivity contribution < 1.29 is 28.6 Å². The number of amides is 3. The van der Waals surface area contributed by atoms with Gasteiger partial charge in [-0.05, 0) is 135 Å². The molecule has 3 aromatic rings. The van der Waals surface area contributed by atoms with E-state index in [1.165, 1.54) is 0 Å². The monoisotopic (exact) mass is 746 g/mol. The third-order valence-corrected chi connectivity index (χ3v) is 7.20. The number of carbonyl (C=O) groups is 3. The maximum absolute atomic E-state index is 12.3. The van der Waals surface area contributed by atoms with E-state index in [2.05, 4.69) is 16.0 Å². The maximum atomic E-state index is 12.3. The Kier molecular flexibility index (Phi) is 10.1. The lowest BCUT2D eigenvalue weighted by molar-refractivity contribution is 0.0624. The van der Waals surface area contributed by atoms with Gasteiger partial charge in [-0.2, -0.15) is 30.0 Å². The smallest absolute Gasteiger partial charge is 0.412 e. The van der Waals surface area contributed by atoms with Crippen LogP contribution in [-0.4, -0.2) is 75.4 Å². The molecular formula is C39H42N10O6. The highest BCUT2D eigenvalue weighted by molar-refractivity contribution is 6.34. The molecule has 0 aromatic heterocycles. The van der Waals surface area contributed by atoms with Gasteiger partial charge in [-0.15, -0.1) is 0 Å². The molecule has 3 N–H and O–H groups in total. The van der Waals surface area contributed by atoms with Gasteiger partial charge >= 0.3 is 18.3 Å². The summed E-state index contributed by atoms with van der Waals surface area (Å²) in [6, 6.07) is 20.9. The Morgan fingerprint density at radius 3 is 0.873 bits per heavy atom. The second-order valence-corrected chi connectivity index (χ2v) is 15.5. The van der Waals surface area contributed by atoms with Gasteiger partial charge in [-0.25, -0.2) is 19.3 Å². The second kappa shape index (κ2) is 14.6. The molecule has 55 heavy (non-hydrogen) atoms. The Morgan fingerprint density at radius 2 is 0.655 bits per heavy atom. The zero-order valence-corrected chi connectivity index (χ0v) is 32.0. The van der Waals surface area contributed by atoms with Crippen LogP contribution < -0.4 is 16.0 Å². The minimum atomic E-state index is -0.648. The molecule has 0 saturated heterocycles. The van der Waals surface area contributed by atoms with Crippen molar-refractivity contribution in [2.24, 2.45) is 30.0 Å². The number of benzene rings is 3. The van der Waals surface area contributed by atoms with Crippen LogP contribution in [-0.2, 0) is 14.2 Å². The Bertz CT molecular complexity index is 1950. The molecule has 0 fully saturated rings. The molecule has 3 heterocycles. The van der Waals surface area contributed by atoms with E-state index in [0.717, 1.165) is 0 Å². The van der Waals surface area contributed by atoms with E-state index in [1.807, 2.05) is 0 Å². The molecule has 3 aliphatic rings. The van der Waals surface area contributed by atoms with Crippen molar-refractivity contribution in [1.82, 2.24) is 4.90 Å². The van der Waals surface area contributed by atoms with Crippen molar-refractivity contribution in [1.29, 1.82) is 0 Å². The third-order valence-electron chi connectivity index (χ3n) is 7.20. The summed E-state index contributed by atoms with van der Waals surface area (Å²) in [5.74, 6) is 1.64. The molecule has 284 valence electrons. The van der Waals surface area contributed by atoms with Crippen LogP contribution in [0.5, 0.6) is 0 Å². The van der Waals surface area contributed by atoms with Gasteiger partial charge in [0.05, 0.1) is 0 Å². The zero-order valence-electron chi connectivity index (χ0n) is 32.0. The second-order valence-electron chi connectivity index (χ2n) is 15.5. The predicted molar refractivity (Wildman–Crippen MR) is 213 cm³/mol. The Balaban J connectivity index is 1.32. The lowest BCUT2D eigenvalue weighted by atomic mass is 10.1. The molecule has 0 radical (unpaired) electrons. The largest absolute Gasteiger partial charge is 0.444 e. The summed E-state index contributed by atoms with van der Waals surface area (Å²) in [6.45, 7) is 16.1. The van der Waals surface area contributed by atoms with E-state index in [-0.39, 0.29) is 17.9 Å². The topological polar surface area (TPSA) is 192 Å². The van der Waals surface area contributed by atoms with Crippen LogP contribution in [0.25, 0.3) is 0 Å². The predicted octanol–water partition coefficient (Wildman–Crippen LogP) is 7.78. The van der Waals surface area contributed by atoms with Crippen LogP contribution in [0.1, 0.15) is 79.0 Å². The van der Waals surface area contributed by atoms with Crippen LogP contribution in [0.3, 0.4) is 0 Å². The molecule has 0 saturated carbocycles. The van der Waals surface area contributed by atoms with E-state index in [4.69, 9.17) is 44.2 Å². The average Bonchev–Trinajstić information content (AvgIpc) is 3.06. The van der Waals surface area contributed by atoms with Crippen molar-refractivity contribution in [3.8, 4) is 0 Å². The Morgan fingerprint density at radius 1 is 0.418 bits per heavy atom. The van der Waals surface area contributed by atoms with E-state index in [1.54, 1.807) is 140 Å². The first-order chi connectivity index (χ1) is 25.8. The number of nitrogens with one attached hydrogen (secondary N) is 3. The summed E-state index contributed by atoms with van der Waals surface area (Å²) >= 11 is 0. The summed E-state index contributed by atoms with van der Waals surface area (Å²) in [5.41, 5.74) is 1.51. The first-order valence-electron chi connectivity index (χ1n) is 17.4. The minimum absolute atomic E-state index is 0.232. The molecule has 3 aliphatic heterocycles.